The van der Waals surface area contributed by atoms with Gasteiger partial charge < -0.3 is 5.32 Å². The summed E-state index contributed by atoms with van der Waals surface area (Å²) in [5.41, 5.74) is 1.46. The van der Waals surface area contributed by atoms with Crippen LogP contribution in [0.3, 0.4) is 0 Å². The monoisotopic (exact) mass is 310 g/mol. The number of hydrogen-bond acceptors (Lipinski definition) is 4. The molecule has 0 aliphatic rings. The Bertz CT molecular complexity index is 621. The van der Waals surface area contributed by atoms with Crippen LogP contribution in [0.2, 0.25) is 0 Å². The lowest BCUT2D eigenvalue weighted by Crippen LogP contribution is -2.01. The van der Waals surface area contributed by atoms with Gasteiger partial charge in [0, 0.05) is 29.3 Å². The molecule has 7 heteroatoms. The van der Waals surface area contributed by atoms with E-state index in [1.54, 1.807) is 36.4 Å². The van der Waals surface area contributed by atoms with Crippen molar-refractivity contribution in [3.63, 3.8) is 0 Å². The Labute approximate surface area is 124 Å². The normalized spacial score (nSPS) is 10.6. The first-order valence-corrected chi connectivity index (χ1v) is 6.95. The van der Waals surface area contributed by atoms with Gasteiger partial charge in [-0.3, -0.25) is 10.1 Å². The van der Waals surface area contributed by atoms with Crippen LogP contribution in [0, 0.1) is 10.1 Å². The minimum absolute atomic E-state index is 0.0207. The summed E-state index contributed by atoms with van der Waals surface area (Å²) in [7, 11) is 0. The lowest BCUT2D eigenvalue weighted by atomic mass is 10.2. The number of nitro benzene ring substituents is 1. The molecule has 4 nitrogen and oxygen atoms in total. The van der Waals surface area contributed by atoms with Gasteiger partial charge in [-0.25, -0.2) is 0 Å². The average Bonchev–Trinajstić information content (AvgIpc) is 2.46. The molecule has 0 radical (unpaired) electrons. The lowest BCUT2D eigenvalue weighted by Gasteiger charge is -2.11. The molecule has 0 aromatic heterocycles. The molecule has 0 saturated carbocycles. The lowest BCUT2D eigenvalue weighted by molar-refractivity contribution is -0.384. The Hall–Kier alpha value is -2.15. The molecule has 0 unspecified atom stereocenters. The first-order valence-electron chi connectivity index (χ1n) is 6.07. The zero-order chi connectivity index (χ0) is 15.2. The van der Waals surface area contributed by atoms with Crippen LogP contribution in [0.25, 0.3) is 0 Å². The maximum absolute atomic E-state index is 12.5. The highest BCUT2D eigenvalue weighted by Gasteiger charge is 2.09. The second-order valence-corrected chi connectivity index (χ2v) is 5.18. The Balaban J connectivity index is 2.04. The number of alkyl halides is 2. The quantitative estimate of drug-likeness (QED) is 0.484. The molecule has 110 valence electrons. The summed E-state index contributed by atoms with van der Waals surface area (Å²) < 4.78 is 24.9. The van der Waals surface area contributed by atoms with Gasteiger partial charge in [-0.1, -0.05) is 36.0 Å². The van der Waals surface area contributed by atoms with Gasteiger partial charge in [0.2, 0.25) is 0 Å². The molecule has 0 spiro atoms. The van der Waals surface area contributed by atoms with Gasteiger partial charge in [0.1, 0.15) is 0 Å². The van der Waals surface area contributed by atoms with E-state index in [1.165, 1.54) is 12.1 Å². The van der Waals surface area contributed by atoms with E-state index in [2.05, 4.69) is 5.32 Å². The maximum Gasteiger partial charge on any atom is 0.288 e. The van der Waals surface area contributed by atoms with Crippen molar-refractivity contribution in [2.75, 3.05) is 5.32 Å². The molecule has 0 saturated heterocycles. The molecule has 0 atom stereocenters. The van der Waals surface area contributed by atoms with Crippen LogP contribution < -0.4 is 5.32 Å². The number of benzene rings is 2. The number of nitrogens with one attached hydrogen (secondary N) is 1. The van der Waals surface area contributed by atoms with Crippen molar-refractivity contribution in [2.45, 2.75) is 17.2 Å². The fourth-order valence-corrected chi connectivity index (χ4v) is 2.36. The number of para-hydroxylation sites is 1. The fourth-order valence-electron chi connectivity index (χ4n) is 1.74. The summed E-state index contributed by atoms with van der Waals surface area (Å²) in [6.45, 7) is 0.402. The van der Waals surface area contributed by atoms with Crippen LogP contribution in [0.1, 0.15) is 5.56 Å². The average molecular weight is 310 g/mol. The molecule has 0 aliphatic heterocycles. The van der Waals surface area contributed by atoms with Crippen LogP contribution >= 0.6 is 11.8 Å². The topological polar surface area (TPSA) is 55.2 Å². The van der Waals surface area contributed by atoms with E-state index in [0.29, 0.717) is 28.9 Å². The summed E-state index contributed by atoms with van der Waals surface area (Å²) in [5, 5.41) is 13.6. The van der Waals surface area contributed by atoms with E-state index in [4.69, 9.17) is 0 Å². The van der Waals surface area contributed by atoms with E-state index in [1.807, 2.05) is 0 Å². The highest BCUT2D eigenvalue weighted by Crippen LogP contribution is 2.31. The fraction of sp³-hybridized carbons (Fsp3) is 0.143. The molecular weight excluding hydrogens is 298 g/mol. The highest BCUT2D eigenvalue weighted by molar-refractivity contribution is 7.99. The van der Waals surface area contributed by atoms with Crippen molar-refractivity contribution in [1.82, 2.24) is 0 Å². The summed E-state index contributed by atoms with van der Waals surface area (Å²) in [5.74, 6) is -2.48. The van der Waals surface area contributed by atoms with E-state index < -0.39 is 10.7 Å². The second kappa shape index (κ2) is 7.03. The van der Waals surface area contributed by atoms with Crippen molar-refractivity contribution in [1.29, 1.82) is 0 Å². The van der Waals surface area contributed by atoms with Gasteiger partial charge in [0.05, 0.1) is 4.92 Å². The number of non-ortho nitro benzene ring substituents is 1. The summed E-state index contributed by atoms with van der Waals surface area (Å²) in [4.78, 5) is 10.6. The zero-order valence-corrected chi connectivity index (χ0v) is 11.6. The van der Waals surface area contributed by atoms with Crippen molar-refractivity contribution in [3.8, 4) is 0 Å². The smallest absolute Gasteiger partial charge is 0.288 e. The minimum atomic E-state index is -2.48. The number of thioether (sulfide) groups is 1. The molecule has 2 rings (SSSR count). The third kappa shape index (κ3) is 4.42. The molecule has 0 amide bonds. The highest BCUT2D eigenvalue weighted by atomic mass is 32.2. The van der Waals surface area contributed by atoms with Gasteiger partial charge >= 0.3 is 0 Å². The van der Waals surface area contributed by atoms with E-state index in [0.717, 1.165) is 5.56 Å². The third-order valence-corrected chi connectivity index (χ3v) is 3.52. The number of nitrogens with zero attached hydrogens (tertiary/aromatic N) is 1. The minimum Gasteiger partial charge on any atom is -0.380 e. The predicted molar refractivity (Wildman–Crippen MR) is 78.7 cm³/mol. The van der Waals surface area contributed by atoms with Crippen LogP contribution in [0.5, 0.6) is 0 Å². The molecule has 0 heterocycles. The summed E-state index contributed by atoms with van der Waals surface area (Å²) >= 11 is 0.481. The molecule has 2 aromatic rings. The van der Waals surface area contributed by atoms with Crippen LogP contribution in [-0.4, -0.2) is 10.7 Å². The molecular formula is C14H12F2N2O2S. The van der Waals surface area contributed by atoms with E-state index in [9.17, 15) is 18.9 Å². The SMILES string of the molecule is O=[N+]([O-])c1ccc(CNc2ccccc2SC(F)F)cc1. The van der Waals surface area contributed by atoms with Gasteiger partial charge in [-0.15, -0.1) is 0 Å². The van der Waals surface area contributed by atoms with Crippen LogP contribution in [0.4, 0.5) is 20.2 Å². The third-order valence-electron chi connectivity index (χ3n) is 2.73. The zero-order valence-electron chi connectivity index (χ0n) is 10.8. The Morgan fingerprint density at radius 1 is 1.14 bits per heavy atom. The molecule has 0 bridgehead atoms. The second-order valence-electron chi connectivity index (χ2n) is 4.15. The van der Waals surface area contributed by atoms with Crippen LogP contribution in [0.15, 0.2) is 53.4 Å². The standard InChI is InChI=1S/C14H12F2N2O2S/c15-14(16)21-13-4-2-1-3-12(13)17-9-10-5-7-11(8-6-10)18(19)20/h1-8,14,17H,9H2. The Morgan fingerprint density at radius 3 is 2.43 bits per heavy atom. The number of hydrogen-bond donors (Lipinski definition) is 1. The summed E-state index contributed by atoms with van der Waals surface area (Å²) in [6, 6.07) is 12.9. The summed E-state index contributed by atoms with van der Waals surface area (Å²) in [6.07, 6.45) is 0. The largest absolute Gasteiger partial charge is 0.380 e. The van der Waals surface area contributed by atoms with Crippen molar-refractivity contribution < 1.29 is 13.7 Å². The Morgan fingerprint density at radius 2 is 1.81 bits per heavy atom. The van der Waals surface area contributed by atoms with Gasteiger partial charge in [0.25, 0.3) is 11.4 Å². The molecule has 21 heavy (non-hydrogen) atoms. The first kappa shape index (κ1) is 15.2. The Kier molecular flexibility index (Phi) is 5.10. The molecule has 0 aliphatic carbocycles. The first-order chi connectivity index (χ1) is 10.1. The number of anilines is 1. The van der Waals surface area contributed by atoms with Gasteiger partial charge in [-0.05, 0) is 17.7 Å². The predicted octanol–water partition coefficient (Wildman–Crippen LogP) is 4.52. The van der Waals surface area contributed by atoms with E-state index >= 15 is 0 Å². The molecule has 2 aromatic carbocycles. The van der Waals surface area contributed by atoms with Gasteiger partial charge in [0.15, 0.2) is 0 Å². The number of nitro groups is 1. The number of rotatable bonds is 6. The van der Waals surface area contributed by atoms with Crippen molar-refractivity contribution in [3.05, 3.63) is 64.2 Å². The van der Waals surface area contributed by atoms with E-state index in [-0.39, 0.29) is 5.69 Å². The maximum atomic E-state index is 12.5. The van der Waals surface area contributed by atoms with Crippen molar-refractivity contribution in [2.24, 2.45) is 0 Å². The molecule has 1 N–H and O–H groups in total. The molecule has 0 fully saturated rings. The van der Waals surface area contributed by atoms with Crippen LogP contribution in [-0.2, 0) is 6.54 Å². The van der Waals surface area contributed by atoms with Gasteiger partial charge in [-0.2, -0.15) is 8.78 Å². The number of halogens is 2. The van der Waals surface area contributed by atoms with Crippen molar-refractivity contribution >= 4 is 23.1 Å².